The van der Waals surface area contributed by atoms with E-state index in [2.05, 4.69) is 5.32 Å². The van der Waals surface area contributed by atoms with Gasteiger partial charge in [-0.25, -0.2) is 0 Å². The smallest absolute Gasteiger partial charge is 0.264 e. The SMILES string of the molecule is CC(=O)NC1(Cl)Cc2ccccc2O1. The van der Waals surface area contributed by atoms with Crippen molar-refractivity contribution in [1.82, 2.24) is 5.32 Å². The maximum atomic E-state index is 10.9. The Labute approximate surface area is 87.0 Å². The molecule has 0 radical (unpaired) electrons. The second-order valence-corrected chi connectivity index (χ2v) is 3.91. The Balaban J connectivity index is 2.21. The summed E-state index contributed by atoms with van der Waals surface area (Å²) in [6.45, 7) is 1.41. The van der Waals surface area contributed by atoms with Crippen LogP contribution >= 0.6 is 11.6 Å². The number of hydrogen-bond donors (Lipinski definition) is 1. The van der Waals surface area contributed by atoms with E-state index in [4.69, 9.17) is 16.3 Å². The molecule has 0 fully saturated rings. The fourth-order valence-electron chi connectivity index (χ4n) is 1.54. The van der Waals surface area contributed by atoms with Gasteiger partial charge in [-0.1, -0.05) is 29.8 Å². The summed E-state index contributed by atoms with van der Waals surface area (Å²) in [7, 11) is 0. The highest BCUT2D eigenvalue weighted by atomic mass is 35.5. The lowest BCUT2D eigenvalue weighted by Gasteiger charge is -2.21. The molecule has 1 aromatic rings. The molecule has 4 heteroatoms. The van der Waals surface area contributed by atoms with Crippen molar-refractivity contribution >= 4 is 17.5 Å². The van der Waals surface area contributed by atoms with Gasteiger partial charge in [0.1, 0.15) is 5.75 Å². The van der Waals surface area contributed by atoms with E-state index < -0.39 is 5.18 Å². The van der Waals surface area contributed by atoms with E-state index in [0.717, 1.165) is 11.3 Å². The average molecular weight is 212 g/mol. The number of fused-ring (bicyclic) bond motifs is 1. The number of ether oxygens (including phenoxy) is 1. The summed E-state index contributed by atoms with van der Waals surface area (Å²) in [5.41, 5.74) is 1.01. The molecule has 0 spiro atoms. The normalized spacial score (nSPS) is 23.9. The molecule has 1 atom stereocenters. The molecule has 1 aliphatic heterocycles. The molecule has 0 aliphatic carbocycles. The van der Waals surface area contributed by atoms with Crippen LogP contribution in [0.2, 0.25) is 0 Å². The van der Waals surface area contributed by atoms with E-state index >= 15 is 0 Å². The van der Waals surface area contributed by atoms with Crippen molar-refractivity contribution in [2.45, 2.75) is 18.5 Å². The summed E-state index contributed by atoms with van der Waals surface area (Å²) in [5.74, 6) is 0.532. The number of para-hydroxylation sites is 1. The Hall–Kier alpha value is -1.22. The molecule has 1 heterocycles. The number of rotatable bonds is 1. The summed E-state index contributed by atoms with van der Waals surface area (Å²) < 4.78 is 5.44. The molecule has 0 aromatic heterocycles. The van der Waals surface area contributed by atoms with Crippen molar-refractivity contribution in [2.24, 2.45) is 0 Å². The fourth-order valence-corrected chi connectivity index (χ4v) is 1.90. The molecule has 0 saturated heterocycles. The number of nitrogens with one attached hydrogen (secondary N) is 1. The molecule has 1 aromatic carbocycles. The predicted octanol–water partition coefficient (Wildman–Crippen LogP) is 1.65. The van der Waals surface area contributed by atoms with E-state index in [1.165, 1.54) is 6.92 Å². The first-order chi connectivity index (χ1) is 6.59. The highest BCUT2D eigenvalue weighted by Gasteiger charge is 2.37. The Morgan fingerprint density at radius 3 is 2.93 bits per heavy atom. The summed E-state index contributed by atoms with van der Waals surface area (Å²) in [4.78, 5) is 10.9. The highest BCUT2D eigenvalue weighted by Crippen LogP contribution is 2.35. The molecule has 2 rings (SSSR count). The quantitative estimate of drug-likeness (QED) is 0.567. The molecule has 1 amide bonds. The van der Waals surface area contributed by atoms with Gasteiger partial charge >= 0.3 is 0 Å². The van der Waals surface area contributed by atoms with E-state index in [1.807, 2.05) is 24.3 Å². The Bertz CT molecular complexity index is 353. The summed E-state index contributed by atoms with van der Waals surface area (Å²) in [5, 5.41) is 1.47. The third-order valence-electron chi connectivity index (χ3n) is 2.02. The predicted molar refractivity (Wildman–Crippen MR) is 53.2 cm³/mol. The van der Waals surface area contributed by atoms with Crippen LogP contribution in [0.3, 0.4) is 0 Å². The van der Waals surface area contributed by atoms with Crippen LogP contribution in [0.1, 0.15) is 12.5 Å². The largest absolute Gasteiger partial charge is 0.453 e. The minimum absolute atomic E-state index is 0.201. The van der Waals surface area contributed by atoms with Gasteiger partial charge in [0.15, 0.2) is 0 Å². The highest BCUT2D eigenvalue weighted by molar-refractivity contribution is 6.24. The van der Waals surface area contributed by atoms with Gasteiger partial charge in [0, 0.05) is 12.5 Å². The second kappa shape index (κ2) is 3.17. The molecule has 1 aliphatic rings. The van der Waals surface area contributed by atoms with Gasteiger partial charge in [-0.05, 0) is 6.07 Å². The third-order valence-corrected chi connectivity index (χ3v) is 2.33. The van der Waals surface area contributed by atoms with Crippen molar-refractivity contribution < 1.29 is 9.53 Å². The van der Waals surface area contributed by atoms with Gasteiger partial charge < -0.3 is 10.1 Å². The lowest BCUT2D eigenvalue weighted by atomic mass is 10.1. The van der Waals surface area contributed by atoms with Crippen molar-refractivity contribution in [3.8, 4) is 5.75 Å². The summed E-state index contributed by atoms with van der Waals surface area (Å²) in [6.07, 6.45) is 0.490. The molecule has 14 heavy (non-hydrogen) atoms. The first-order valence-electron chi connectivity index (χ1n) is 4.34. The van der Waals surface area contributed by atoms with Gasteiger partial charge in [-0.15, -0.1) is 0 Å². The molecule has 0 bridgehead atoms. The van der Waals surface area contributed by atoms with E-state index in [-0.39, 0.29) is 5.91 Å². The zero-order valence-electron chi connectivity index (χ0n) is 7.71. The van der Waals surface area contributed by atoms with Crippen molar-refractivity contribution in [3.05, 3.63) is 29.8 Å². The van der Waals surface area contributed by atoms with Crippen LogP contribution in [0.4, 0.5) is 0 Å². The number of alkyl halides is 1. The number of carbonyl (C=O) groups excluding carboxylic acids is 1. The first-order valence-corrected chi connectivity index (χ1v) is 4.71. The number of amides is 1. The van der Waals surface area contributed by atoms with Crippen molar-refractivity contribution in [2.75, 3.05) is 0 Å². The Morgan fingerprint density at radius 2 is 2.29 bits per heavy atom. The van der Waals surface area contributed by atoms with Crippen LogP contribution in [-0.2, 0) is 11.2 Å². The van der Waals surface area contributed by atoms with Gasteiger partial charge in [-0.2, -0.15) is 0 Å². The van der Waals surface area contributed by atoms with Gasteiger partial charge in [-0.3, -0.25) is 4.79 Å². The van der Waals surface area contributed by atoms with E-state index in [1.54, 1.807) is 0 Å². The maximum absolute atomic E-state index is 10.9. The zero-order valence-corrected chi connectivity index (χ0v) is 8.47. The van der Waals surface area contributed by atoms with Crippen LogP contribution < -0.4 is 10.1 Å². The minimum Gasteiger partial charge on any atom is -0.453 e. The zero-order chi connectivity index (χ0) is 10.2. The maximum Gasteiger partial charge on any atom is 0.264 e. The Morgan fingerprint density at radius 1 is 1.57 bits per heavy atom. The van der Waals surface area contributed by atoms with Gasteiger partial charge in [0.2, 0.25) is 5.91 Å². The number of hydrogen-bond acceptors (Lipinski definition) is 2. The van der Waals surface area contributed by atoms with Gasteiger partial charge in [0.25, 0.3) is 5.18 Å². The topological polar surface area (TPSA) is 38.3 Å². The molecule has 1 unspecified atom stereocenters. The summed E-state index contributed by atoms with van der Waals surface area (Å²) in [6, 6.07) is 7.55. The minimum atomic E-state index is -1.10. The Kier molecular flexibility index (Phi) is 2.11. The third kappa shape index (κ3) is 1.68. The number of halogens is 1. The lowest BCUT2D eigenvalue weighted by Crippen LogP contribution is -2.46. The van der Waals surface area contributed by atoms with Crippen LogP contribution in [0, 0.1) is 0 Å². The van der Waals surface area contributed by atoms with Crippen LogP contribution in [0.25, 0.3) is 0 Å². The monoisotopic (exact) mass is 211 g/mol. The second-order valence-electron chi connectivity index (χ2n) is 3.30. The van der Waals surface area contributed by atoms with Gasteiger partial charge in [0.05, 0.1) is 6.42 Å². The molecular weight excluding hydrogens is 202 g/mol. The molecule has 3 nitrogen and oxygen atoms in total. The average Bonchev–Trinajstić information content (AvgIpc) is 2.38. The van der Waals surface area contributed by atoms with E-state index in [0.29, 0.717) is 6.42 Å². The summed E-state index contributed by atoms with van der Waals surface area (Å²) >= 11 is 6.08. The molecule has 0 saturated carbocycles. The van der Waals surface area contributed by atoms with Crippen molar-refractivity contribution in [3.63, 3.8) is 0 Å². The molecular formula is C10H10ClNO2. The standard InChI is InChI=1S/C10H10ClNO2/c1-7(13)12-10(11)6-8-4-2-3-5-9(8)14-10/h2-5H,6H2,1H3,(H,12,13). The fraction of sp³-hybridized carbons (Fsp3) is 0.300. The molecule has 1 N–H and O–H groups in total. The van der Waals surface area contributed by atoms with Crippen LogP contribution in [0.15, 0.2) is 24.3 Å². The first kappa shape index (κ1) is 9.34. The molecule has 74 valence electrons. The van der Waals surface area contributed by atoms with Crippen LogP contribution in [0.5, 0.6) is 5.75 Å². The van der Waals surface area contributed by atoms with Crippen molar-refractivity contribution in [1.29, 1.82) is 0 Å². The van der Waals surface area contributed by atoms with E-state index in [9.17, 15) is 4.79 Å². The van der Waals surface area contributed by atoms with Crippen LogP contribution in [-0.4, -0.2) is 11.1 Å². The number of carbonyl (C=O) groups is 1. The number of benzene rings is 1. The lowest BCUT2D eigenvalue weighted by molar-refractivity contribution is -0.122.